The lowest BCUT2D eigenvalue weighted by Gasteiger charge is -2.37. The molecule has 0 amide bonds. The molecule has 5 heterocycles. The maximum Gasteiger partial charge on any atom is 0.214 e. The summed E-state index contributed by atoms with van der Waals surface area (Å²) in [4.78, 5) is 21.1. The highest BCUT2D eigenvalue weighted by molar-refractivity contribution is 7.90. The van der Waals surface area contributed by atoms with Crippen LogP contribution in [0.3, 0.4) is 0 Å². The van der Waals surface area contributed by atoms with Gasteiger partial charge in [0.1, 0.15) is 23.0 Å². The summed E-state index contributed by atoms with van der Waals surface area (Å²) in [5, 5.41) is 10.2. The van der Waals surface area contributed by atoms with Crippen molar-refractivity contribution in [3.63, 3.8) is 0 Å². The van der Waals surface area contributed by atoms with E-state index in [1.165, 1.54) is 0 Å². The molecular formula is C31H37ClN8O4S. The summed E-state index contributed by atoms with van der Waals surface area (Å²) in [6, 6.07) is 7.71. The molecule has 3 fully saturated rings. The third kappa shape index (κ3) is 6.26. The number of methoxy groups -OCH3 is 1. The highest BCUT2D eigenvalue weighted by Gasteiger charge is 2.37. The summed E-state index contributed by atoms with van der Waals surface area (Å²) in [6.45, 7) is 4.66. The molecule has 45 heavy (non-hydrogen) atoms. The van der Waals surface area contributed by atoms with E-state index in [1.54, 1.807) is 19.2 Å². The average Bonchev–Trinajstić information content (AvgIpc) is 3.85. The normalized spacial score (nSPS) is 18.2. The number of sulfonamides is 1. The predicted molar refractivity (Wildman–Crippen MR) is 175 cm³/mol. The number of aliphatic hydroxyl groups excluding tert-OH is 1. The van der Waals surface area contributed by atoms with Gasteiger partial charge in [-0.1, -0.05) is 11.6 Å². The second-order valence-corrected chi connectivity index (χ2v) is 14.3. The van der Waals surface area contributed by atoms with Crippen LogP contribution < -0.4 is 24.2 Å². The van der Waals surface area contributed by atoms with Crippen LogP contribution in [-0.4, -0.2) is 90.5 Å². The fourth-order valence-electron chi connectivity index (χ4n) is 6.19. The number of hydrogen-bond donors (Lipinski definition) is 2. The number of aromatic nitrogens is 4. The molecule has 14 heteroatoms. The lowest BCUT2D eigenvalue weighted by Crippen LogP contribution is -2.47. The number of fused-ring (bicyclic) bond motifs is 1. The molecule has 2 saturated heterocycles. The standard InChI is InChI=1S/C31H37ClN8O4S/c1-44-28-14-21(20-41)25(16-26(28)32)27-19-40-9-6-23(15-29(40)35-27)37-10-12-39(13-11-37)31-18-33-30(17-34-31)38-7-4-22(5-8-38)36-45(42,43)24-2-3-24/h6,9,14-19,22,24,36,41H,2-5,7-8,10-13,20H2,1H3. The molecular weight excluding hydrogens is 616 g/mol. The summed E-state index contributed by atoms with van der Waals surface area (Å²) < 4.78 is 34.7. The highest BCUT2D eigenvalue weighted by atomic mass is 35.5. The number of nitrogens with one attached hydrogen (secondary N) is 1. The van der Waals surface area contributed by atoms with Gasteiger partial charge in [-0.3, -0.25) is 0 Å². The van der Waals surface area contributed by atoms with Gasteiger partial charge in [-0.25, -0.2) is 28.1 Å². The molecule has 1 aliphatic carbocycles. The molecule has 7 rings (SSSR count). The van der Waals surface area contributed by atoms with E-state index in [1.807, 2.05) is 29.2 Å². The Hall–Kier alpha value is -3.65. The first-order valence-corrected chi connectivity index (χ1v) is 17.3. The molecule has 1 saturated carbocycles. The quantitative estimate of drug-likeness (QED) is 0.278. The minimum atomic E-state index is -3.16. The Labute approximate surface area is 267 Å². The Morgan fingerprint density at radius 1 is 0.956 bits per heavy atom. The number of rotatable bonds is 9. The van der Waals surface area contributed by atoms with E-state index in [0.29, 0.717) is 16.3 Å². The van der Waals surface area contributed by atoms with Crippen molar-refractivity contribution in [1.82, 2.24) is 24.1 Å². The highest BCUT2D eigenvalue weighted by Crippen LogP contribution is 2.34. The van der Waals surface area contributed by atoms with E-state index in [9.17, 15) is 13.5 Å². The van der Waals surface area contributed by atoms with E-state index < -0.39 is 10.0 Å². The smallest absolute Gasteiger partial charge is 0.214 e. The Bertz CT molecular complexity index is 1780. The fourth-order valence-corrected chi connectivity index (χ4v) is 8.08. The van der Waals surface area contributed by atoms with Gasteiger partial charge >= 0.3 is 0 Å². The molecule has 1 aromatic carbocycles. The van der Waals surface area contributed by atoms with Gasteiger partial charge in [-0.05, 0) is 49.4 Å². The number of hydrogen-bond acceptors (Lipinski definition) is 10. The second-order valence-electron chi connectivity index (χ2n) is 11.9. The largest absolute Gasteiger partial charge is 0.495 e. The van der Waals surface area contributed by atoms with E-state index in [0.717, 1.165) is 99.2 Å². The molecule has 2 aliphatic heterocycles. The number of imidazole rings is 1. The van der Waals surface area contributed by atoms with Crippen molar-refractivity contribution in [2.24, 2.45) is 0 Å². The van der Waals surface area contributed by atoms with Gasteiger partial charge in [0.15, 0.2) is 0 Å². The minimum absolute atomic E-state index is 0.00155. The third-order valence-corrected chi connectivity index (χ3v) is 11.3. The average molecular weight is 653 g/mol. The van der Waals surface area contributed by atoms with E-state index in [4.69, 9.17) is 31.3 Å². The van der Waals surface area contributed by atoms with Gasteiger partial charge in [0.2, 0.25) is 10.0 Å². The molecule has 3 aromatic heterocycles. The number of pyridine rings is 1. The number of aliphatic hydroxyl groups is 1. The van der Waals surface area contributed by atoms with Crippen LogP contribution in [0.1, 0.15) is 31.2 Å². The zero-order chi connectivity index (χ0) is 31.1. The van der Waals surface area contributed by atoms with Crippen LogP contribution in [0.25, 0.3) is 16.9 Å². The van der Waals surface area contributed by atoms with Crippen molar-refractivity contribution >= 4 is 44.6 Å². The van der Waals surface area contributed by atoms with Crippen molar-refractivity contribution in [3.8, 4) is 17.0 Å². The fraction of sp³-hybridized carbons (Fsp3) is 0.452. The number of halogens is 1. The number of anilines is 3. The van der Waals surface area contributed by atoms with Gasteiger partial charge in [-0.2, -0.15) is 0 Å². The second kappa shape index (κ2) is 12.3. The van der Waals surface area contributed by atoms with E-state index in [-0.39, 0.29) is 17.9 Å². The topological polar surface area (TPSA) is 128 Å². The van der Waals surface area contributed by atoms with E-state index >= 15 is 0 Å². The Kier molecular flexibility index (Phi) is 8.19. The molecule has 12 nitrogen and oxygen atoms in total. The summed E-state index contributed by atoms with van der Waals surface area (Å²) in [6.07, 6.45) is 10.7. The van der Waals surface area contributed by atoms with Crippen LogP contribution in [0.5, 0.6) is 5.75 Å². The molecule has 0 spiro atoms. The van der Waals surface area contributed by atoms with Crippen LogP contribution in [-0.2, 0) is 16.6 Å². The van der Waals surface area contributed by atoms with Gasteiger partial charge in [-0.15, -0.1) is 0 Å². The first-order valence-electron chi connectivity index (χ1n) is 15.4. The first-order chi connectivity index (χ1) is 21.8. The molecule has 0 atom stereocenters. The maximum absolute atomic E-state index is 12.3. The van der Waals surface area contributed by atoms with Crippen molar-refractivity contribution in [3.05, 3.63) is 59.6 Å². The summed E-state index contributed by atoms with van der Waals surface area (Å²) in [5.74, 6) is 2.21. The monoisotopic (exact) mass is 652 g/mol. The lowest BCUT2D eigenvalue weighted by atomic mass is 10.1. The minimum Gasteiger partial charge on any atom is -0.495 e. The van der Waals surface area contributed by atoms with Crippen LogP contribution in [0.4, 0.5) is 17.3 Å². The number of nitrogens with zero attached hydrogens (tertiary/aromatic N) is 7. The Balaban J connectivity index is 0.959. The van der Waals surface area contributed by atoms with Gasteiger partial charge in [0.05, 0.1) is 42.1 Å². The molecule has 0 unspecified atom stereocenters. The number of ether oxygens (including phenoxy) is 1. The van der Waals surface area contributed by atoms with Crippen LogP contribution >= 0.6 is 11.6 Å². The zero-order valence-corrected chi connectivity index (χ0v) is 26.7. The Morgan fingerprint density at radius 2 is 1.62 bits per heavy atom. The van der Waals surface area contributed by atoms with E-state index in [2.05, 4.69) is 31.6 Å². The van der Waals surface area contributed by atoms with Gasteiger partial charge < -0.3 is 28.9 Å². The summed E-state index contributed by atoms with van der Waals surface area (Å²) in [7, 11) is -1.61. The number of benzene rings is 1. The van der Waals surface area contributed by atoms with Gasteiger partial charge in [0.25, 0.3) is 0 Å². The van der Waals surface area contributed by atoms with Crippen molar-refractivity contribution < 1.29 is 18.3 Å². The molecule has 0 radical (unpaired) electrons. The summed E-state index contributed by atoms with van der Waals surface area (Å²) >= 11 is 6.38. The third-order valence-electron chi connectivity index (χ3n) is 8.97. The van der Waals surface area contributed by atoms with Crippen molar-refractivity contribution in [2.45, 2.75) is 43.6 Å². The molecule has 2 N–H and O–H groups in total. The van der Waals surface area contributed by atoms with Crippen molar-refractivity contribution in [1.29, 1.82) is 0 Å². The number of piperazine rings is 1. The van der Waals surface area contributed by atoms with Crippen molar-refractivity contribution in [2.75, 3.05) is 61.1 Å². The Morgan fingerprint density at radius 3 is 2.24 bits per heavy atom. The SMILES string of the molecule is COc1cc(CO)c(-c2cn3ccc(N4CCN(c5cnc(N6CCC(NS(=O)(=O)C7CC7)CC6)cn5)CC4)cc3n2)cc1Cl. The van der Waals surface area contributed by atoms with Crippen LogP contribution in [0.15, 0.2) is 49.1 Å². The van der Waals surface area contributed by atoms with Gasteiger partial charge in [0, 0.05) is 75.0 Å². The summed E-state index contributed by atoms with van der Waals surface area (Å²) in [5.41, 5.74) is 4.11. The van der Waals surface area contributed by atoms with Crippen LogP contribution in [0.2, 0.25) is 5.02 Å². The maximum atomic E-state index is 12.3. The molecule has 0 bridgehead atoms. The van der Waals surface area contributed by atoms with Crippen LogP contribution in [0, 0.1) is 0 Å². The zero-order valence-electron chi connectivity index (χ0n) is 25.1. The molecule has 3 aliphatic rings. The lowest BCUT2D eigenvalue weighted by molar-refractivity contribution is 0.281. The first kappa shape index (κ1) is 30.0. The molecule has 4 aromatic rings. The molecule has 238 valence electrons. The predicted octanol–water partition coefficient (Wildman–Crippen LogP) is 3.32. The number of piperidine rings is 1.